The molecule has 0 N–H and O–H groups in total. The molecule has 2 rings (SSSR count). The van der Waals surface area contributed by atoms with Gasteiger partial charge in [0.25, 0.3) is 0 Å². The molecule has 1 aromatic rings. The van der Waals surface area contributed by atoms with Crippen molar-refractivity contribution in [2.45, 2.75) is 46.1 Å². The highest BCUT2D eigenvalue weighted by Gasteiger charge is 2.44. The van der Waals surface area contributed by atoms with Crippen molar-refractivity contribution in [3.05, 3.63) is 46.0 Å². The summed E-state index contributed by atoms with van der Waals surface area (Å²) >= 11 is 13.1. The average Bonchev–Trinajstić information content (AvgIpc) is 2.80. The van der Waals surface area contributed by atoms with Crippen molar-refractivity contribution in [3.8, 4) is 0 Å². The number of nitrogens with zero attached hydrogens (tertiary/aromatic N) is 1. The first-order chi connectivity index (χ1) is 11.7. The van der Waals surface area contributed by atoms with Gasteiger partial charge in [-0.2, -0.15) is 0 Å². The lowest BCUT2D eigenvalue weighted by Gasteiger charge is -2.25. The number of hydrogen-bond acceptors (Lipinski definition) is 6. The first kappa shape index (κ1) is 20.9. The van der Waals surface area contributed by atoms with E-state index in [2.05, 4.69) is 0 Å². The van der Waals surface area contributed by atoms with Gasteiger partial charge in [-0.05, 0) is 51.1 Å². The van der Waals surface area contributed by atoms with Crippen molar-refractivity contribution < 1.29 is 18.5 Å². The Morgan fingerprint density at radius 2 is 1.80 bits per heavy atom. The highest BCUT2D eigenvalue weighted by molar-refractivity contribution is 8.67. The molecule has 0 saturated carbocycles. The molecule has 1 heterocycles. The van der Waals surface area contributed by atoms with Crippen LogP contribution in [0.3, 0.4) is 0 Å². The van der Waals surface area contributed by atoms with Gasteiger partial charge < -0.3 is 13.8 Å². The molecule has 5 nitrogen and oxygen atoms in total. The maximum absolute atomic E-state index is 12.3. The summed E-state index contributed by atoms with van der Waals surface area (Å²) in [6, 6.07) is 9.29. The Kier molecular flexibility index (Phi) is 7.50. The van der Waals surface area contributed by atoms with Gasteiger partial charge in [0, 0.05) is 10.5 Å². The Balaban J connectivity index is 2.06. The lowest BCUT2D eigenvalue weighted by atomic mass is 10.2. The molecule has 0 amide bonds. The summed E-state index contributed by atoms with van der Waals surface area (Å²) in [7, 11) is 0. The second-order valence-electron chi connectivity index (χ2n) is 5.94. The van der Waals surface area contributed by atoms with Gasteiger partial charge in [-0.1, -0.05) is 41.7 Å². The Morgan fingerprint density at radius 3 is 2.32 bits per heavy atom. The van der Waals surface area contributed by atoms with Crippen LogP contribution in [0.1, 0.15) is 33.3 Å². The number of nitroso groups, excluding NO2 is 1. The quantitative estimate of drug-likeness (QED) is 0.313. The number of ether oxygens (including phenoxy) is 1. The third kappa shape index (κ3) is 5.78. The van der Waals surface area contributed by atoms with Crippen molar-refractivity contribution in [2.24, 2.45) is 0 Å². The molecule has 25 heavy (non-hydrogen) atoms. The molecule has 0 spiro atoms. The molecular formula is C16H22ClNO4PS2+. The van der Waals surface area contributed by atoms with Gasteiger partial charge in [-0.25, -0.2) is 0 Å². The highest BCUT2D eigenvalue weighted by Crippen LogP contribution is 2.63. The fraction of sp³-hybridized carbons (Fsp3) is 0.500. The maximum Gasteiger partial charge on any atom is 0.371 e. The predicted octanol–water partition coefficient (Wildman–Crippen LogP) is 5.49. The normalized spacial score (nSPS) is 18.4. The zero-order valence-electron chi connectivity index (χ0n) is 14.5. The van der Waals surface area contributed by atoms with Gasteiger partial charge >= 0.3 is 11.4 Å². The van der Waals surface area contributed by atoms with Crippen LogP contribution in [0.25, 0.3) is 5.76 Å². The molecule has 1 atom stereocenters. The van der Waals surface area contributed by atoms with Crippen LogP contribution in [0.15, 0.2) is 35.5 Å². The summed E-state index contributed by atoms with van der Waals surface area (Å²) in [5, 5.41) is 0.0413. The minimum absolute atomic E-state index is 0.0413. The van der Waals surface area contributed by atoms with Gasteiger partial charge in [0.05, 0.1) is 17.0 Å². The molecule has 1 unspecified atom stereocenters. The zero-order valence-corrected chi connectivity index (χ0v) is 17.8. The zero-order chi connectivity index (χ0) is 18.6. The minimum Gasteiger partial charge on any atom is -0.421 e. The predicted molar refractivity (Wildman–Crippen MR) is 107 cm³/mol. The molecule has 0 bridgehead atoms. The van der Waals surface area contributed by atoms with Crippen LogP contribution >= 0.6 is 28.7 Å². The van der Waals surface area contributed by atoms with E-state index in [1.807, 2.05) is 58.0 Å². The number of rotatable bonds is 8. The number of hydrogen-bond donors (Lipinski definition) is 0. The van der Waals surface area contributed by atoms with Gasteiger partial charge in [0.1, 0.15) is 5.75 Å². The van der Waals surface area contributed by atoms with Crippen LogP contribution in [-0.2, 0) is 25.6 Å². The molecule has 0 aromatic heterocycles. The van der Waals surface area contributed by atoms with Crippen LogP contribution in [0.4, 0.5) is 0 Å². The van der Waals surface area contributed by atoms with Gasteiger partial charge in [-0.15, -0.1) is 0 Å². The Labute approximate surface area is 162 Å². The monoisotopic (exact) mass is 422 g/mol. The third-order valence-electron chi connectivity index (χ3n) is 2.99. The molecule has 1 aliphatic heterocycles. The minimum atomic E-state index is -2.58. The van der Waals surface area contributed by atoms with Crippen LogP contribution in [0.5, 0.6) is 0 Å². The van der Waals surface area contributed by atoms with Crippen LogP contribution < -0.4 is 0 Å². The molecule has 1 aliphatic rings. The molecule has 0 aliphatic carbocycles. The summed E-state index contributed by atoms with van der Waals surface area (Å²) < 4.78 is 18.1. The second-order valence-corrected chi connectivity index (χ2v) is 12.6. The molecule has 9 heteroatoms. The second kappa shape index (κ2) is 8.98. The Bertz CT molecular complexity index is 683. The fourth-order valence-corrected chi connectivity index (χ4v) is 7.98. The third-order valence-corrected chi connectivity index (χ3v) is 8.81. The summed E-state index contributed by atoms with van der Waals surface area (Å²) in [5.41, 5.74) is -1.82. The summed E-state index contributed by atoms with van der Waals surface area (Å²) in [4.78, 5) is 12.3. The summed E-state index contributed by atoms with van der Waals surface area (Å²) in [6.07, 6.45) is -0.889. The molecule has 138 valence electrons. The molecule has 0 saturated heterocycles. The average molecular weight is 423 g/mol. The highest BCUT2D eigenvalue weighted by atomic mass is 35.5. The van der Waals surface area contributed by atoms with E-state index in [1.165, 1.54) is 11.4 Å². The van der Waals surface area contributed by atoms with E-state index in [0.717, 1.165) is 5.56 Å². The molecule has 1 aromatic carbocycles. The fourth-order valence-electron chi connectivity index (χ4n) is 2.09. The van der Waals surface area contributed by atoms with Crippen molar-refractivity contribution >= 4 is 46.2 Å². The van der Waals surface area contributed by atoms with E-state index in [1.54, 1.807) is 0 Å². The number of halogens is 1. The van der Waals surface area contributed by atoms with Gasteiger partial charge in [0.15, 0.2) is 0 Å². The van der Waals surface area contributed by atoms with E-state index in [4.69, 9.17) is 37.2 Å². The van der Waals surface area contributed by atoms with Gasteiger partial charge in [-0.3, -0.25) is 0 Å². The molecule has 0 radical (unpaired) electrons. The topological polar surface area (TPSA) is 47.8 Å². The first-order valence-electron chi connectivity index (χ1n) is 7.91. The lowest BCUT2D eigenvalue weighted by Crippen LogP contribution is -2.21. The van der Waals surface area contributed by atoms with Crippen molar-refractivity contribution in [3.63, 3.8) is 0 Å². The van der Waals surface area contributed by atoms with Crippen molar-refractivity contribution in [1.82, 2.24) is 0 Å². The molecule has 0 fully saturated rings. The van der Waals surface area contributed by atoms with Crippen LogP contribution in [-0.4, -0.2) is 28.9 Å². The van der Waals surface area contributed by atoms with E-state index in [9.17, 15) is 4.91 Å². The van der Waals surface area contributed by atoms with Crippen LogP contribution in [0, 0.1) is 4.91 Å². The van der Waals surface area contributed by atoms with E-state index >= 15 is 0 Å². The summed E-state index contributed by atoms with van der Waals surface area (Å²) in [6.45, 7) is 7.62. The van der Waals surface area contributed by atoms with Crippen LogP contribution in [0.2, 0.25) is 0 Å². The first-order valence-corrected chi connectivity index (χ1v) is 12.5. The SMILES string of the molecule is CC(C)OP(=S)(OC(C)C)SCC1OC(c2ccccc2)=C(Cl)[N+]1=O. The standard InChI is InChI=1S/C16H22ClNO4PS2/c1-11(2)21-23(24,22-12(3)4)25-10-14-18(19)16(17)15(20-14)13-8-6-5-7-9-13/h5-9,11-12,14H,10H2,1-4H3/q+1. The summed E-state index contributed by atoms with van der Waals surface area (Å²) in [5.74, 6) is 0.679. The molecular weight excluding hydrogens is 401 g/mol. The van der Waals surface area contributed by atoms with Crippen molar-refractivity contribution in [2.75, 3.05) is 5.75 Å². The van der Waals surface area contributed by atoms with Crippen molar-refractivity contribution in [1.29, 1.82) is 0 Å². The largest absolute Gasteiger partial charge is 0.421 e. The van der Waals surface area contributed by atoms with E-state index in [-0.39, 0.29) is 17.4 Å². The Hall–Kier alpha value is -0.430. The van der Waals surface area contributed by atoms with Gasteiger partial charge in [0.2, 0.25) is 11.5 Å². The maximum atomic E-state index is 12.3. The van der Waals surface area contributed by atoms with E-state index in [0.29, 0.717) is 16.3 Å². The Morgan fingerprint density at radius 1 is 1.24 bits per heavy atom. The van der Waals surface area contributed by atoms with E-state index < -0.39 is 11.9 Å². The lowest BCUT2D eigenvalue weighted by molar-refractivity contribution is -0.549. The smallest absolute Gasteiger partial charge is 0.371 e. The number of benzene rings is 1.